The first-order valence-corrected chi connectivity index (χ1v) is 6.36. The summed E-state index contributed by atoms with van der Waals surface area (Å²) in [5, 5.41) is 9.61. The summed E-state index contributed by atoms with van der Waals surface area (Å²) in [4.78, 5) is 0. The second-order valence-electron chi connectivity index (χ2n) is 5.24. The first-order valence-electron chi connectivity index (χ1n) is 6.36. The van der Waals surface area contributed by atoms with Gasteiger partial charge < -0.3 is 19.3 Å². The van der Waals surface area contributed by atoms with Crippen molar-refractivity contribution < 1.29 is 19.3 Å². The number of hydrogen-bond acceptors (Lipinski definition) is 4. The third-order valence-electron chi connectivity index (χ3n) is 4.05. The lowest BCUT2D eigenvalue weighted by Crippen LogP contribution is -2.53. The van der Waals surface area contributed by atoms with Crippen LogP contribution in [-0.4, -0.2) is 41.9 Å². The number of hydrogen-bond donors (Lipinski definition) is 1. The highest BCUT2D eigenvalue weighted by Gasteiger charge is 2.58. The van der Waals surface area contributed by atoms with Crippen LogP contribution in [0.4, 0.5) is 0 Å². The lowest BCUT2D eigenvalue weighted by molar-refractivity contribution is -0.222. The molecular weight excluding hydrogens is 208 g/mol. The third kappa shape index (κ3) is 1.59. The molecule has 16 heavy (non-hydrogen) atoms. The largest absolute Gasteiger partial charge is 0.367 e. The van der Waals surface area contributed by atoms with Gasteiger partial charge in [-0.25, -0.2) is 0 Å². The van der Waals surface area contributed by atoms with Gasteiger partial charge in [-0.05, 0) is 19.3 Å². The van der Waals surface area contributed by atoms with E-state index in [1.807, 2.05) is 0 Å². The van der Waals surface area contributed by atoms with E-state index in [4.69, 9.17) is 14.2 Å². The lowest BCUT2D eigenvalue weighted by atomic mass is 9.85. The predicted octanol–water partition coefficient (Wildman–Crippen LogP) is 1.21. The fraction of sp³-hybridized carbons (Fsp3) is 1.00. The van der Waals surface area contributed by atoms with Gasteiger partial charge in [0, 0.05) is 6.42 Å². The molecule has 3 aliphatic heterocycles. The monoisotopic (exact) mass is 228 g/mol. The van der Waals surface area contributed by atoms with Gasteiger partial charge in [0.1, 0.15) is 11.7 Å². The summed E-state index contributed by atoms with van der Waals surface area (Å²) in [5.41, 5.74) is -0.262. The molecular formula is C12H20O4. The maximum atomic E-state index is 9.61. The standard InChI is InChI=1S/C12H20O4/c1-2-3-8-4-5-10-12(16-8)6-9(15-10)11(13)14-7-12/h8-11,13H,2-7H2,1H3/t8?,9-,10+,11?,12-/m1/s1. The highest BCUT2D eigenvalue weighted by molar-refractivity contribution is 5.04. The van der Waals surface area contributed by atoms with Crippen molar-refractivity contribution in [3.63, 3.8) is 0 Å². The van der Waals surface area contributed by atoms with Crippen molar-refractivity contribution in [2.45, 2.75) is 69.2 Å². The number of fused-ring (bicyclic) bond motifs is 1. The van der Waals surface area contributed by atoms with Crippen LogP contribution in [0.25, 0.3) is 0 Å². The van der Waals surface area contributed by atoms with Crippen LogP contribution in [-0.2, 0) is 14.2 Å². The summed E-state index contributed by atoms with van der Waals surface area (Å²) >= 11 is 0. The summed E-state index contributed by atoms with van der Waals surface area (Å²) in [6.45, 7) is 2.66. The summed E-state index contributed by atoms with van der Waals surface area (Å²) in [6.07, 6.45) is 4.70. The van der Waals surface area contributed by atoms with Gasteiger partial charge in [-0.2, -0.15) is 0 Å². The Morgan fingerprint density at radius 3 is 3.06 bits per heavy atom. The van der Waals surface area contributed by atoms with Gasteiger partial charge in [-0.1, -0.05) is 13.3 Å². The fourth-order valence-electron chi connectivity index (χ4n) is 3.25. The molecule has 0 radical (unpaired) electrons. The smallest absolute Gasteiger partial charge is 0.181 e. The van der Waals surface area contributed by atoms with E-state index in [1.54, 1.807) is 0 Å². The van der Waals surface area contributed by atoms with Gasteiger partial charge in [0.25, 0.3) is 0 Å². The van der Waals surface area contributed by atoms with Crippen molar-refractivity contribution in [1.82, 2.24) is 0 Å². The van der Waals surface area contributed by atoms with Crippen LogP contribution in [0.3, 0.4) is 0 Å². The van der Waals surface area contributed by atoms with Gasteiger partial charge in [0.15, 0.2) is 6.29 Å². The minimum atomic E-state index is -0.760. The lowest BCUT2D eigenvalue weighted by Gasteiger charge is -2.42. The average molecular weight is 228 g/mol. The normalized spacial score (nSPS) is 51.4. The minimum Gasteiger partial charge on any atom is -0.367 e. The Morgan fingerprint density at radius 1 is 1.38 bits per heavy atom. The highest BCUT2D eigenvalue weighted by Crippen LogP contribution is 2.46. The van der Waals surface area contributed by atoms with Crippen LogP contribution in [0.1, 0.15) is 39.0 Å². The number of rotatable bonds is 2. The summed E-state index contributed by atoms with van der Waals surface area (Å²) < 4.78 is 17.4. The highest BCUT2D eigenvalue weighted by atomic mass is 16.7. The summed E-state index contributed by atoms with van der Waals surface area (Å²) in [5.74, 6) is 0. The van der Waals surface area contributed by atoms with E-state index < -0.39 is 6.29 Å². The van der Waals surface area contributed by atoms with Crippen molar-refractivity contribution in [1.29, 1.82) is 0 Å². The molecule has 3 aliphatic rings. The molecule has 0 amide bonds. The molecule has 3 heterocycles. The van der Waals surface area contributed by atoms with Gasteiger partial charge in [-0.15, -0.1) is 0 Å². The van der Waals surface area contributed by atoms with Crippen LogP contribution < -0.4 is 0 Å². The van der Waals surface area contributed by atoms with Crippen molar-refractivity contribution >= 4 is 0 Å². The Labute approximate surface area is 95.9 Å². The van der Waals surface area contributed by atoms with E-state index in [0.29, 0.717) is 12.7 Å². The van der Waals surface area contributed by atoms with Crippen molar-refractivity contribution in [3.05, 3.63) is 0 Å². The van der Waals surface area contributed by atoms with Crippen molar-refractivity contribution in [2.24, 2.45) is 0 Å². The molecule has 0 aromatic rings. The molecule has 0 aromatic heterocycles. The molecule has 4 heteroatoms. The Morgan fingerprint density at radius 2 is 2.25 bits per heavy atom. The topological polar surface area (TPSA) is 47.9 Å². The molecule has 2 unspecified atom stereocenters. The van der Waals surface area contributed by atoms with E-state index >= 15 is 0 Å². The van der Waals surface area contributed by atoms with Gasteiger partial charge in [0.05, 0.1) is 18.8 Å². The molecule has 92 valence electrons. The molecule has 3 fully saturated rings. The number of aliphatic hydroxyl groups excluding tert-OH is 1. The molecule has 1 N–H and O–H groups in total. The maximum Gasteiger partial charge on any atom is 0.181 e. The molecule has 0 aliphatic carbocycles. The Kier molecular flexibility index (Phi) is 2.70. The van der Waals surface area contributed by atoms with E-state index in [0.717, 1.165) is 32.1 Å². The molecule has 4 nitrogen and oxygen atoms in total. The minimum absolute atomic E-state index is 0.128. The Bertz CT molecular complexity index is 270. The van der Waals surface area contributed by atoms with Gasteiger partial charge in [-0.3, -0.25) is 0 Å². The van der Waals surface area contributed by atoms with Gasteiger partial charge >= 0.3 is 0 Å². The van der Waals surface area contributed by atoms with Gasteiger partial charge in [0.2, 0.25) is 0 Å². The maximum absolute atomic E-state index is 9.61. The zero-order valence-corrected chi connectivity index (χ0v) is 9.72. The van der Waals surface area contributed by atoms with Crippen molar-refractivity contribution in [3.8, 4) is 0 Å². The van der Waals surface area contributed by atoms with Crippen LogP contribution in [0.5, 0.6) is 0 Å². The van der Waals surface area contributed by atoms with E-state index in [-0.39, 0.29) is 17.8 Å². The molecule has 5 atom stereocenters. The van der Waals surface area contributed by atoms with E-state index in [2.05, 4.69) is 6.92 Å². The molecule has 2 bridgehead atoms. The molecule has 0 saturated carbocycles. The van der Waals surface area contributed by atoms with Crippen LogP contribution in [0.2, 0.25) is 0 Å². The number of ether oxygens (including phenoxy) is 3. The zero-order valence-electron chi connectivity index (χ0n) is 9.72. The number of aliphatic hydroxyl groups is 1. The molecule has 0 aromatic carbocycles. The zero-order chi connectivity index (χ0) is 11.2. The molecule has 3 rings (SSSR count). The first kappa shape index (κ1) is 11.0. The molecule has 1 spiro atoms. The van der Waals surface area contributed by atoms with E-state index in [1.165, 1.54) is 0 Å². The average Bonchev–Trinajstić information content (AvgIpc) is 2.59. The summed E-state index contributed by atoms with van der Waals surface area (Å²) in [7, 11) is 0. The predicted molar refractivity (Wildman–Crippen MR) is 57.0 cm³/mol. The Hall–Kier alpha value is -0.160. The Balaban J connectivity index is 1.74. The van der Waals surface area contributed by atoms with E-state index in [9.17, 15) is 5.11 Å². The van der Waals surface area contributed by atoms with Crippen LogP contribution in [0, 0.1) is 0 Å². The van der Waals surface area contributed by atoms with Crippen LogP contribution >= 0.6 is 0 Å². The third-order valence-corrected chi connectivity index (χ3v) is 4.05. The molecule has 3 saturated heterocycles. The van der Waals surface area contributed by atoms with Crippen LogP contribution in [0.15, 0.2) is 0 Å². The van der Waals surface area contributed by atoms with Crippen molar-refractivity contribution in [2.75, 3.05) is 6.61 Å². The second kappa shape index (κ2) is 3.95. The fourth-order valence-corrected chi connectivity index (χ4v) is 3.25. The SMILES string of the molecule is CCCC1CC[C@@H]2O[C@@H]3C[C@]2(COC3O)O1. The quantitative estimate of drug-likeness (QED) is 0.771. The second-order valence-corrected chi connectivity index (χ2v) is 5.24. The first-order chi connectivity index (χ1) is 7.73. The summed E-state index contributed by atoms with van der Waals surface area (Å²) in [6, 6.07) is 0.